The number of aromatic amines is 2. The van der Waals surface area contributed by atoms with Gasteiger partial charge in [0.25, 0.3) is 0 Å². The Labute approximate surface area is 202 Å². The summed E-state index contributed by atoms with van der Waals surface area (Å²) in [5.74, 6) is 0.121. The highest BCUT2D eigenvalue weighted by atomic mass is 32.1. The SMILES string of the molecule is CC(C)Nc1cncc(-c2cc3c(-c4nc5c(-c6ccc(F)s6)nccc5[nH]4)n[nH]c3cc2F)c1. The zero-order valence-electron chi connectivity index (χ0n) is 18.7. The lowest BCUT2D eigenvalue weighted by Crippen LogP contribution is -2.09. The minimum atomic E-state index is -0.382. The summed E-state index contributed by atoms with van der Waals surface area (Å²) in [6.07, 6.45) is 5.00. The van der Waals surface area contributed by atoms with E-state index in [1.54, 1.807) is 36.8 Å². The summed E-state index contributed by atoms with van der Waals surface area (Å²) in [6, 6.07) is 10.2. The Balaban J connectivity index is 1.48. The molecule has 0 spiro atoms. The van der Waals surface area contributed by atoms with Gasteiger partial charge < -0.3 is 10.3 Å². The van der Waals surface area contributed by atoms with Crippen LogP contribution in [0.4, 0.5) is 14.5 Å². The van der Waals surface area contributed by atoms with Crippen LogP contribution in [-0.2, 0) is 0 Å². The molecule has 10 heteroatoms. The van der Waals surface area contributed by atoms with Gasteiger partial charge in [0.2, 0.25) is 0 Å². The van der Waals surface area contributed by atoms with E-state index in [-0.39, 0.29) is 17.0 Å². The van der Waals surface area contributed by atoms with Gasteiger partial charge in [0.05, 0.1) is 21.6 Å². The highest BCUT2D eigenvalue weighted by Crippen LogP contribution is 2.35. The third kappa shape index (κ3) is 3.81. The first-order chi connectivity index (χ1) is 17.0. The average molecular weight is 488 g/mol. The third-order valence-corrected chi connectivity index (χ3v) is 6.47. The standard InChI is InChI=1S/C25H19F2N7S/c1-12(2)30-14-7-13(10-28-11-14)15-8-16-19(9-17(15)26)33-34-22(16)25-31-18-5-6-29-24(23(18)32-25)20-3-4-21(27)35-20/h3-12,30H,1-2H3,(H,31,32)(H,33,34). The minimum absolute atomic E-state index is 0.220. The van der Waals surface area contributed by atoms with Gasteiger partial charge in [-0.2, -0.15) is 9.49 Å². The van der Waals surface area contributed by atoms with E-state index < -0.39 is 0 Å². The Morgan fingerprint density at radius 1 is 1.00 bits per heavy atom. The van der Waals surface area contributed by atoms with Crippen LogP contribution >= 0.6 is 11.3 Å². The van der Waals surface area contributed by atoms with Gasteiger partial charge in [-0.1, -0.05) is 0 Å². The van der Waals surface area contributed by atoms with E-state index in [0.717, 1.165) is 22.5 Å². The number of hydrogen-bond donors (Lipinski definition) is 3. The van der Waals surface area contributed by atoms with Crippen molar-refractivity contribution in [3.8, 4) is 33.2 Å². The molecular formula is C25H19F2N7S. The summed E-state index contributed by atoms with van der Waals surface area (Å²) in [5.41, 5.74) is 4.91. The van der Waals surface area contributed by atoms with Gasteiger partial charge >= 0.3 is 0 Å². The predicted molar refractivity (Wildman–Crippen MR) is 134 cm³/mol. The van der Waals surface area contributed by atoms with Crippen molar-refractivity contribution in [3.63, 3.8) is 0 Å². The van der Waals surface area contributed by atoms with E-state index in [9.17, 15) is 4.39 Å². The van der Waals surface area contributed by atoms with Crippen molar-refractivity contribution in [2.24, 2.45) is 0 Å². The Kier molecular flexibility index (Phi) is 5.03. The molecule has 0 amide bonds. The van der Waals surface area contributed by atoms with E-state index in [1.807, 2.05) is 19.9 Å². The monoisotopic (exact) mass is 487 g/mol. The van der Waals surface area contributed by atoms with Gasteiger partial charge in [-0.05, 0) is 44.2 Å². The number of thiophene rings is 1. The first kappa shape index (κ1) is 21.4. The molecule has 0 radical (unpaired) electrons. The lowest BCUT2D eigenvalue weighted by Gasteiger charge is -2.11. The van der Waals surface area contributed by atoms with Crippen molar-refractivity contribution in [2.45, 2.75) is 19.9 Å². The highest BCUT2D eigenvalue weighted by molar-refractivity contribution is 7.13. The fourth-order valence-electron chi connectivity index (χ4n) is 4.11. The quantitative estimate of drug-likeness (QED) is 0.262. The van der Waals surface area contributed by atoms with Crippen molar-refractivity contribution in [2.75, 3.05) is 5.32 Å². The molecule has 0 fully saturated rings. The van der Waals surface area contributed by atoms with Crippen LogP contribution in [0.3, 0.4) is 0 Å². The molecule has 5 heterocycles. The number of hydrogen-bond acceptors (Lipinski definition) is 6. The number of anilines is 1. The molecule has 35 heavy (non-hydrogen) atoms. The number of nitrogens with one attached hydrogen (secondary N) is 3. The second-order valence-corrected chi connectivity index (χ2v) is 9.49. The van der Waals surface area contributed by atoms with Crippen LogP contribution in [0.5, 0.6) is 0 Å². The zero-order chi connectivity index (χ0) is 24.1. The Bertz CT molecular complexity index is 1700. The molecule has 0 saturated carbocycles. The molecule has 3 N–H and O–H groups in total. The first-order valence-electron chi connectivity index (χ1n) is 11.0. The van der Waals surface area contributed by atoms with Crippen molar-refractivity contribution in [1.29, 1.82) is 0 Å². The van der Waals surface area contributed by atoms with Crippen LogP contribution in [0.25, 0.3) is 55.2 Å². The maximum absolute atomic E-state index is 15.1. The van der Waals surface area contributed by atoms with E-state index in [2.05, 4.69) is 30.5 Å². The molecule has 0 aliphatic carbocycles. The molecular weight excluding hydrogens is 468 g/mol. The predicted octanol–water partition coefficient (Wildman–Crippen LogP) is 6.39. The van der Waals surface area contributed by atoms with Crippen molar-refractivity contribution in [3.05, 3.63) is 65.9 Å². The first-order valence-corrected chi connectivity index (χ1v) is 11.8. The number of benzene rings is 1. The van der Waals surface area contributed by atoms with E-state index >= 15 is 4.39 Å². The molecule has 7 nitrogen and oxygen atoms in total. The fourth-order valence-corrected chi connectivity index (χ4v) is 4.84. The number of rotatable bonds is 5. The molecule has 0 aliphatic rings. The summed E-state index contributed by atoms with van der Waals surface area (Å²) < 4.78 is 28.7. The number of halogens is 2. The lowest BCUT2D eigenvalue weighted by atomic mass is 10.0. The average Bonchev–Trinajstić information content (AvgIpc) is 3.55. The number of H-pyrrole nitrogens is 2. The topological polar surface area (TPSA) is 95.2 Å². The Hall–Kier alpha value is -4.18. The molecule has 5 aromatic heterocycles. The maximum atomic E-state index is 15.1. The lowest BCUT2D eigenvalue weighted by molar-refractivity contribution is 0.632. The number of imidazole rings is 1. The van der Waals surface area contributed by atoms with Crippen molar-refractivity contribution >= 4 is 39.0 Å². The van der Waals surface area contributed by atoms with Crippen LogP contribution in [-0.4, -0.2) is 36.2 Å². The van der Waals surface area contributed by atoms with Gasteiger partial charge in [0.1, 0.15) is 22.7 Å². The Morgan fingerprint density at radius 2 is 1.89 bits per heavy atom. The third-order valence-electron chi connectivity index (χ3n) is 5.59. The number of fused-ring (bicyclic) bond motifs is 2. The molecule has 174 valence electrons. The molecule has 0 saturated heterocycles. The van der Waals surface area contributed by atoms with Crippen molar-refractivity contribution < 1.29 is 8.78 Å². The van der Waals surface area contributed by atoms with Crippen LogP contribution in [0, 0.1) is 10.9 Å². The summed E-state index contributed by atoms with van der Waals surface area (Å²) in [4.78, 5) is 17.4. The van der Waals surface area contributed by atoms with E-state index in [1.165, 1.54) is 12.1 Å². The van der Waals surface area contributed by atoms with Crippen LogP contribution < -0.4 is 5.32 Å². The van der Waals surface area contributed by atoms with Gasteiger partial charge in [0.15, 0.2) is 11.0 Å². The van der Waals surface area contributed by atoms with E-state index in [0.29, 0.717) is 49.6 Å². The maximum Gasteiger partial charge on any atom is 0.177 e. The highest BCUT2D eigenvalue weighted by Gasteiger charge is 2.19. The van der Waals surface area contributed by atoms with E-state index in [4.69, 9.17) is 4.98 Å². The zero-order valence-corrected chi connectivity index (χ0v) is 19.5. The summed E-state index contributed by atoms with van der Waals surface area (Å²) in [6.45, 7) is 4.06. The fraction of sp³-hybridized carbons (Fsp3) is 0.120. The molecule has 6 aromatic rings. The van der Waals surface area contributed by atoms with Crippen molar-refractivity contribution in [1.82, 2.24) is 30.1 Å². The normalized spacial score (nSPS) is 11.7. The van der Waals surface area contributed by atoms with Gasteiger partial charge in [0, 0.05) is 47.2 Å². The summed E-state index contributed by atoms with van der Waals surface area (Å²) in [7, 11) is 0. The van der Waals surface area contributed by atoms with Crippen LogP contribution in [0.2, 0.25) is 0 Å². The number of aromatic nitrogens is 6. The molecule has 0 unspecified atom stereocenters. The largest absolute Gasteiger partial charge is 0.382 e. The van der Waals surface area contributed by atoms with Gasteiger partial charge in [-0.15, -0.1) is 11.3 Å². The second kappa shape index (κ2) is 8.24. The van der Waals surface area contributed by atoms with Gasteiger partial charge in [-0.3, -0.25) is 15.1 Å². The van der Waals surface area contributed by atoms with Gasteiger partial charge in [-0.25, -0.2) is 9.37 Å². The molecule has 1 aromatic carbocycles. The van der Waals surface area contributed by atoms with Crippen LogP contribution in [0.15, 0.2) is 55.0 Å². The molecule has 0 atom stereocenters. The smallest absolute Gasteiger partial charge is 0.177 e. The Morgan fingerprint density at radius 3 is 2.69 bits per heavy atom. The minimum Gasteiger partial charge on any atom is -0.382 e. The number of nitrogens with zero attached hydrogens (tertiary/aromatic N) is 4. The summed E-state index contributed by atoms with van der Waals surface area (Å²) in [5, 5.41) is 11.0. The molecule has 0 bridgehead atoms. The molecule has 6 rings (SSSR count). The summed E-state index contributed by atoms with van der Waals surface area (Å²) >= 11 is 1.01. The number of pyridine rings is 2. The molecule has 0 aliphatic heterocycles. The second-order valence-electron chi connectivity index (χ2n) is 8.46. The van der Waals surface area contributed by atoms with Crippen LogP contribution in [0.1, 0.15) is 13.8 Å².